The third kappa shape index (κ3) is 4.52. The van der Waals surface area contributed by atoms with Crippen LogP contribution in [0.4, 0.5) is 20.7 Å². The summed E-state index contributed by atoms with van der Waals surface area (Å²) in [4.78, 5) is 32.0. The van der Waals surface area contributed by atoms with Crippen LogP contribution in [0.1, 0.15) is 17.3 Å². The number of anilines is 2. The van der Waals surface area contributed by atoms with Gasteiger partial charge in [0.05, 0.1) is 17.9 Å². The summed E-state index contributed by atoms with van der Waals surface area (Å²) in [6.07, 6.45) is 1.16. The molecule has 3 rings (SSSR count). The zero-order valence-electron chi connectivity index (χ0n) is 15.0. The standard InChI is InChI=1S/C19H21FN4O3/c1-2-27-19(26)24-11-9-23(10-12-24)17-8-7-14(13-21-17)18(25)22-16-6-4-3-5-15(16)20/h3-8,13H,2,9-12H2,1H3,(H,22,25). The van der Waals surface area contributed by atoms with Crippen molar-refractivity contribution >= 4 is 23.5 Å². The van der Waals surface area contributed by atoms with Crippen LogP contribution in [-0.2, 0) is 4.74 Å². The molecule has 142 valence electrons. The molecule has 0 atom stereocenters. The lowest BCUT2D eigenvalue weighted by Crippen LogP contribution is -2.49. The van der Waals surface area contributed by atoms with Crippen LogP contribution < -0.4 is 10.2 Å². The maximum absolute atomic E-state index is 13.6. The average molecular weight is 372 g/mol. The van der Waals surface area contributed by atoms with Gasteiger partial charge in [-0.3, -0.25) is 4.79 Å². The molecule has 0 unspecified atom stereocenters. The number of carbonyl (C=O) groups excluding carboxylic acids is 2. The molecule has 1 aliphatic rings. The fraction of sp³-hybridized carbons (Fsp3) is 0.316. The number of piperazine rings is 1. The SMILES string of the molecule is CCOC(=O)N1CCN(c2ccc(C(=O)Nc3ccccc3F)cn2)CC1. The predicted octanol–water partition coefficient (Wildman–Crippen LogP) is 2.75. The van der Waals surface area contributed by atoms with E-state index < -0.39 is 11.7 Å². The van der Waals surface area contributed by atoms with E-state index in [0.717, 1.165) is 5.82 Å². The quantitative estimate of drug-likeness (QED) is 0.893. The molecule has 8 heteroatoms. The summed E-state index contributed by atoms with van der Waals surface area (Å²) in [5.41, 5.74) is 0.467. The molecule has 1 N–H and O–H groups in total. The van der Waals surface area contributed by atoms with Crippen molar-refractivity contribution in [1.29, 1.82) is 0 Å². The first kappa shape index (κ1) is 18.6. The third-order valence-electron chi connectivity index (χ3n) is 4.26. The maximum Gasteiger partial charge on any atom is 0.409 e. The fourth-order valence-electron chi connectivity index (χ4n) is 2.80. The van der Waals surface area contributed by atoms with E-state index in [4.69, 9.17) is 4.74 Å². The molecule has 0 bridgehead atoms. The topological polar surface area (TPSA) is 74.8 Å². The number of amides is 2. The minimum absolute atomic E-state index is 0.127. The molecule has 1 fully saturated rings. The third-order valence-corrected chi connectivity index (χ3v) is 4.26. The van der Waals surface area contributed by atoms with Gasteiger partial charge in [0, 0.05) is 32.4 Å². The van der Waals surface area contributed by atoms with Gasteiger partial charge in [-0.05, 0) is 31.2 Å². The summed E-state index contributed by atoms with van der Waals surface area (Å²) in [5.74, 6) is -0.192. The van der Waals surface area contributed by atoms with Crippen LogP contribution in [0, 0.1) is 5.82 Å². The number of rotatable bonds is 4. The van der Waals surface area contributed by atoms with E-state index in [1.165, 1.54) is 18.3 Å². The van der Waals surface area contributed by atoms with Crippen LogP contribution >= 0.6 is 0 Å². The second kappa shape index (κ2) is 8.48. The van der Waals surface area contributed by atoms with Crippen LogP contribution in [0.3, 0.4) is 0 Å². The Morgan fingerprint density at radius 2 is 1.89 bits per heavy atom. The Morgan fingerprint density at radius 1 is 1.15 bits per heavy atom. The van der Waals surface area contributed by atoms with Gasteiger partial charge in [-0.15, -0.1) is 0 Å². The van der Waals surface area contributed by atoms with Crippen molar-refractivity contribution in [3.05, 3.63) is 54.0 Å². The highest BCUT2D eigenvalue weighted by Crippen LogP contribution is 2.17. The van der Waals surface area contributed by atoms with Gasteiger partial charge < -0.3 is 19.9 Å². The van der Waals surface area contributed by atoms with Crippen LogP contribution in [0.2, 0.25) is 0 Å². The number of hydrogen-bond donors (Lipinski definition) is 1. The van der Waals surface area contributed by atoms with E-state index in [2.05, 4.69) is 10.3 Å². The molecule has 0 spiro atoms. The van der Waals surface area contributed by atoms with Crippen LogP contribution in [0.5, 0.6) is 0 Å². The highest BCUT2D eigenvalue weighted by Gasteiger charge is 2.22. The first-order valence-corrected chi connectivity index (χ1v) is 8.77. The molecule has 1 aliphatic heterocycles. The first-order valence-electron chi connectivity index (χ1n) is 8.77. The fourth-order valence-corrected chi connectivity index (χ4v) is 2.80. The Hall–Kier alpha value is -3.16. The van der Waals surface area contributed by atoms with Crippen molar-refractivity contribution in [2.75, 3.05) is 43.0 Å². The van der Waals surface area contributed by atoms with Crippen LogP contribution in [-0.4, -0.2) is 54.7 Å². The van der Waals surface area contributed by atoms with Gasteiger partial charge in [0.25, 0.3) is 5.91 Å². The summed E-state index contributed by atoms with van der Waals surface area (Å²) < 4.78 is 18.6. The largest absolute Gasteiger partial charge is 0.450 e. The van der Waals surface area contributed by atoms with Crippen molar-refractivity contribution in [3.63, 3.8) is 0 Å². The maximum atomic E-state index is 13.6. The van der Waals surface area contributed by atoms with Crippen molar-refractivity contribution in [3.8, 4) is 0 Å². The minimum atomic E-state index is -0.491. The van der Waals surface area contributed by atoms with Crippen molar-refractivity contribution in [2.24, 2.45) is 0 Å². The number of halogens is 1. The molecule has 1 aromatic carbocycles. The molecular formula is C19H21FN4O3. The lowest BCUT2D eigenvalue weighted by atomic mass is 10.2. The molecule has 0 radical (unpaired) electrons. The molecule has 1 saturated heterocycles. The number of hydrogen-bond acceptors (Lipinski definition) is 5. The number of carbonyl (C=O) groups is 2. The second-order valence-electron chi connectivity index (χ2n) is 6.01. The molecule has 0 aliphatic carbocycles. The smallest absolute Gasteiger partial charge is 0.409 e. The van der Waals surface area contributed by atoms with Crippen LogP contribution in [0.25, 0.3) is 0 Å². The molecule has 2 aromatic rings. The number of para-hydroxylation sites is 1. The molecule has 7 nitrogen and oxygen atoms in total. The van der Waals surface area contributed by atoms with Gasteiger partial charge in [0.1, 0.15) is 11.6 Å². The normalized spacial score (nSPS) is 14.0. The Kier molecular flexibility index (Phi) is 5.85. The Bertz CT molecular complexity index is 805. The number of pyridine rings is 1. The summed E-state index contributed by atoms with van der Waals surface area (Å²) in [6.45, 7) is 4.50. The summed E-state index contributed by atoms with van der Waals surface area (Å²) in [7, 11) is 0. The Labute approximate surface area is 156 Å². The molecule has 0 saturated carbocycles. The molecule has 2 amide bonds. The minimum Gasteiger partial charge on any atom is -0.450 e. The zero-order chi connectivity index (χ0) is 19.2. The van der Waals surface area contributed by atoms with E-state index in [-0.39, 0.29) is 11.8 Å². The monoisotopic (exact) mass is 372 g/mol. The number of ether oxygens (including phenoxy) is 1. The van der Waals surface area contributed by atoms with E-state index in [9.17, 15) is 14.0 Å². The number of nitrogens with zero attached hydrogens (tertiary/aromatic N) is 3. The molecule has 1 aromatic heterocycles. The number of nitrogens with one attached hydrogen (secondary N) is 1. The van der Waals surface area contributed by atoms with Crippen molar-refractivity contribution in [1.82, 2.24) is 9.88 Å². The lowest BCUT2D eigenvalue weighted by molar-refractivity contribution is 0.102. The van der Waals surface area contributed by atoms with E-state index in [0.29, 0.717) is 38.3 Å². The molecular weight excluding hydrogens is 351 g/mol. The van der Waals surface area contributed by atoms with E-state index in [1.807, 2.05) is 4.90 Å². The van der Waals surface area contributed by atoms with E-state index in [1.54, 1.807) is 36.1 Å². The molecule has 27 heavy (non-hydrogen) atoms. The van der Waals surface area contributed by atoms with Gasteiger partial charge in [0.15, 0.2) is 0 Å². The van der Waals surface area contributed by atoms with Crippen molar-refractivity contribution in [2.45, 2.75) is 6.92 Å². The van der Waals surface area contributed by atoms with Gasteiger partial charge in [-0.2, -0.15) is 0 Å². The van der Waals surface area contributed by atoms with Crippen LogP contribution in [0.15, 0.2) is 42.6 Å². The highest BCUT2D eigenvalue weighted by molar-refractivity contribution is 6.04. The van der Waals surface area contributed by atoms with Gasteiger partial charge in [0.2, 0.25) is 0 Å². The van der Waals surface area contributed by atoms with Gasteiger partial charge >= 0.3 is 6.09 Å². The van der Waals surface area contributed by atoms with Crippen molar-refractivity contribution < 1.29 is 18.7 Å². The first-order chi connectivity index (χ1) is 13.1. The molecule has 2 heterocycles. The lowest BCUT2D eigenvalue weighted by Gasteiger charge is -2.34. The Morgan fingerprint density at radius 3 is 2.52 bits per heavy atom. The van der Waals surface area contributed by atoms with Gasteiger partial charge in [-0.1, -0.05) is 12.1 Å². The zero-order valence-corrected chi connectivity index (χ0v) is 15.0. The average Bonchev–Trinajstić information content (AvgIpc) is 2.70. The Balaban J connectivity index is 1.58. The highest BCUT2D eigenvalue weighted by atomic mass is 19.1. The van der Waals surface area contributed by atoms with E-state index >= 15 is 0 Å². The summed E-state index contributed by atoms with van der Waals surface area (Å²) in [5, 5.41) is 2.53. The van der Waals surface area contributed by atoms with Gasteiger partial charge in [-0.25, -0.2) is 14.2 Å². The second-order valence-corrected chi connectivity index (χ2v) is 6.01. The number of benzene rings is 1. The predicted molar refractivity (Wildman–Crippen MR) is 99.4 cm³/mol. The summed E-state index contributed by atoms with van der Waals surface area (Å²) in [6, 6.07) is 9.39. The summed E-state index contributed by atoms with van der Waals surface area (Å²) >= 11 is 0. The number of aromatic nitrogens is 1.